The molecule has 6 heteroatoms. The highest BCUT2D eigenvalue weighted by Crippen LogP contribution is 2.33. The number of nitrogens with zero attached hydrogens (tertiary/aromatic N) is 1. The zero-order valence-electron chi connectivity index (χ0n) is 9.54. The van der Waals surface area contributed by atoms with Gasteiger partial charge in [0.15, 0.2) is 0 Å². The van der Waals surface area contributed by atoms with Crippen molar-refractivity contribution in [1.29, 1.82) is 5.26 Å². The second-order valence-electron chi connectivity index (χ2n) is 3.63. The van der Waals surface area contributed by atoms with Crippen LogP contribution in [0.3, 0.4) is 0 Å². The summed E-state index contributed by atoms with van der Waals surface area (Å²) in [5, 5.41) is 9.74. The number of Topliss-reactive ketones (excluding diaryl/α,β-unsaturated/α-hetero) is 1. The summed E-state index contributed by atoms with van der Waals surface area (Å²) in [7, 11) is 0. The standard InChI is InChI=1S/C12H10Cl3NO2/c1-7(17)8(6-16)2-3-18-12-5-10(14)9(13)4-11(12)15/h4-5,8H,2-3H2,1H3. The molecule has 18 heavy (non-hydrogen) atoms. The van der Waals surface area contributed by atoms with Crippen LogP contribution in [0.2, 0.25) is 15.1 Å². The van der Waals surface area contributed by atoms with E-state index in [1.165, 1.54) is 19.1 Å². The van der Waals surface area contributed by atoms with Gasteiger partial charge in [0, 0.05) is 12.5 Å². The Bertz CT molecular complexity index is 497. The average molecular weight is 307 g/mol. The third-order valence-corrected chi connectivity index (χ3v) is 3.30. The summed E-state index contributed by atoms with van der Waals surface area (Å²) in [6.07, 6.45) is 0.308. The van der Waals surface area contributed by atoms with E-state index in [0.29, 0.717) is 27.2 Å². The molecule has 0 fully saturated rings. The Hall–Kier alpha value is -0.950. The number of nitriles is 1. The first-order chi connectivity index (χ1) is 8.45. The van der Waals surface area contributed by atoms with Gasteiger partial charge in [0.1, 0.15) is 17.5 Å². The molecule has 0 saturated heterocycles. The van der Waals surface area contributed by atoms with Gasteiger partial charge in [-0.3, -0.25) is 4.79 Å². The number of hydrogen-bond donors (Lipinski definition) is 0. The van der Waals surface area contributed by atoms with Gasteiger partial charge in [0.05, 0.1) is 27.7 Å². The van der Waals surface area contributed by atoms with Crippen LogP contribution in [-0.4, -0.2) is 12.4 Å². The average Bonchev–Trinajstić information content (AvgIpc) is 2.30. The Morgan fingerprint density at radius 3 is 2.50 bits per heavy atom. The first kappa shape index (κ1) is 15.1. The fourth-order valence-electron chi connectivity index (χ4n) is 1.26. The molecule has 0 aliphatic rings. The summed E-state index contributed by atoms with van der Waals surface area (Å²) in [5.41, 5.74) is 0. The Morgan fingerprint density at radius 2 is 1.94 bits per heavy atom. The predicted molar refractivity (Wildman–Crippen MR) is 71.4 cm³/mol. The number of carbonyl (C=O) groups excluding carboxylic acids is 1. The highest BCUT2D eigenvalue weighted by Gasteiger charge is 2.14. The van der Waals surface area contributed by atoms with Crippen molar-refractivity contribution in [3.05, 3.63) is 27.2 Å². The first-order valence-electron chi connectivity index (χ1n) is 5.13. The first-order valence-corrected chi connectivity index (χ1v) is 6.26. The van der Waals surface area contributed by atoms with Gasteiger partial charge in [-0.25, -0.2) is 0 Å². The van der Waals surface area contributed by atoms with Gasteiger partial charge in [-0.1, -0.05) is 34.8 Å². The summed E-state index contributed by atoms with van der Waals surface area (Å²) in [4.78, 5) is 11.0. The van der Waals surface area contributed by atoms with Crippen LogP contribution in [0.4, 0.5) is 0 Å². The van der Waals surface area contributed by atoms with Gasteiger partial charge in [0.25, 0.3) is 0 Å². The molecule has 0 heterocycles. The van der Waals surface area contributed by atoms with E-state index in [1.807, 2.05) is 6.07 Å². The Balaban J connectivity index is 2.62. The van der Waals surface area contributed by atoms with Gasteiger partial charge in [0.2, 0.25) is 0 Å². The van der Waals surface area contributed by atoms with Crippen LogP contribution in [0.1, 0.15) is 13.3 Å². The minimum absolute atomic E-state index is 0.179. The van der Waals surface area contributed by atoms with Crippen molar-refractivity contribution in [1.82, 2.24) is 0 Å². The monoisotopic (exact) mass is 305 g/mol. The minimum Gasteiger partial charge on any atom is -0.492 e. The summed E-state index contributed by atoms with van der Waals surface area (Å²) >= 11 is 17.5. The van der Waals surface area contributed by atoms with E-state index in [2.05, 4.69) is 0 Å². The van der Waals surface area contributed by atoms with Crippen molar-refractivity contribution in [2.75, 3.05) is 6.61 Å². The molecule has 0 aliphatic carbocycles. The van der Waals surface area contributed by atoms with E-state index in [4.69, 9.17) is 44.8 Å². The maximum Gasteiger partial charge on any atom is 0.147 e. The van der Waals surface area contributed by atoms with E-state index in [1.54, 1.807) is 0 Å². The van der Waals surface area contributed by atoms with Gasteiger partial charge in [-0.2, -0.15) is 5.26 Å². The van der Waals surface area contributed by atoms with Crippen molar-refractivity contribution in [3.8, 4) is 11.8 Å². The van der Waals surface area contributed by atoms with Crippen molar-refractivity contribution in [2.24, 2.45) is 5.92 Å². The molecular formula is C12H10Cl3NO2. The lowest BCUT2D eigenvalue weighted by molar-refractivity contribution is -0.119. The molecule has 0 N–H and O–H groups in total. The smallest absolute Gasteiger partial charge is 0.147 e. The molecule has 1 aromatic rings. The maximum absolute atomic E-state index is 11.0. The van der Waals surface area contributed by atoms with Crippen molar-refractivity contribution in [2.45, 2.75) is 13.3 Å². The molecule has 0 spiro atoms. The van der Waals surface area contributed by atoms with Crippen LogP contribution in [0.25, 0.3) is 0 Å². The lowest BCUT2D eigenvalue weighted by Crippen LogP contribution is -2.12. The molecule has 0 aliphatic heterocycles. The lowest BCUT2D eigenvalue weighted by atomic mass is 10.0. The molecule has 0 aromatic heterocycles. The fourth-order valence-corrected chi connectivity index (χ4v) is 1.85. The summed E-state index contributed by atoms with van der Waals surface area (Å²) < 4.78 is 5.38. The predicted octanol–water partition coefficient (Wildman–Crippen LogP) is 4.14. The summed E-state index contributed by atoms with van der Waals surface area (Å²) in [5.74, 6) is -0.459. The van der Waals surface area contributed by atoms with Gasteiger partial charge >= 0.3 is 0 Å². The number of ketones is 1. The van der Waals surface area contributed by atoms with Crippen LogP contribution < -0.4 is 4.74 Å². The third-order valence-electron chi connectivity index (χ3n) is 2.29. The highest BCUT2D eigenvalue weighted by atomic mass is 35.5. The Morgan fingerprint density at radius 1 is 1.33 bits per heavy atom. The third kappa shape index (κ3) is 4.06. The lowest BCUT2D eigenvalue weighted by Gasteiger charge is -2.10. The van der Waals surface area contributed by atoms with E-state index in [0.717, 1.165) is 0 Å². The quantitative estimate of drug-likeness (QED) is 0.768. The number of ether oxygens (including phenoxy) is 1. The largest absolute Gasteiger partial charge is 0.492 e. The second-order valence-corrected chi connectivity index (χ2v) is 4.85. The van der Waals surface area contributed by atoms with Crippen molar-refractivity contribution >= 4 is 40.6 Å². The zero-order chi connectivity index (χ0) is 13.7. The maximum atomic E-state index is 11.0. The highest BCUT2D eigenvalue weighted by molar-refractivity contribution is 6.43. The number of carbonyl (C=O) groups is 1. The SMILES string of the molecule is CC(=O)C(C#N)CCOc1cc(Cl)c(Cl)cc1Cl. The number of benzene rings is 1. The normalized spacial score (nSPS) is 11.7. The fraction of sp³-hybridized carbons (Fsp3) is 0.333. The minimum atomic E-state index is -0.661. The number of hydrogen-bond acceptors (Lipinski definition) is 3. The van der Waals surface area contributed by atoms with E-state index in [9.17, 15) is 4.79 Å². The Kier molecular flexibility index (Phi) is 5.74. The van der Waals surface area contributed by atoms with E-state index >= 15 is 0 Å². The van der Waals surface area contributed by atoms with Crippen LogP contribution in [0.5, 0.6) is 5.75 Å². The topological polar surface area (TPSA) is 50.1 Å². The Labute approximate surface area is 120 Å². The van der Waals surface area contributed by atoms with Crippen LogP contribution in [0, 0.1) is 17.2 Å². The molecule has 96 valence electrons. The zero-order valence-corrected chi connectivity index (χ0v) is 11.8. The van der Waals surface area contributed by atoms with Crippen LogP contribution in [-0.2, 0) is 4.79 Å². The van der Waals surface area contributed by atoms with Crippen molar-refractivity contribution in [3.63, 3.8) is 0 Å². The molecule has 3 nitrogen and oxygen atoms in total. The molecule has 0 radical (unpaired) electrons. The summed E-state index contributed by atoms with van der Waals surface area (Å²) in [6, 6.07) is 4.89. The molecule has 0 bridgehead atoms. The molecule has 1 rings (SSSR count). The number of rotatable bonds is 5. The molecular weight excluding hydrogens is 296 g/mol. The molecule has 1 unspecified atom stereocenters. The molecule has 1 aromatic carbocycles. The number of halogens is 3. The van der Waals surface area contributed by atoms with Crippen LogP contribution in [0.15, 0.2) is 12.1 Å². The molecule has 1 atom stereocenters. The van der Waals surface area contributed by atoms with Gasteiger partial charge in [-0.15, -0.1) is 0 Å². The van der Waals surface area contributed by atoms with Crippen LogP contribution >= 0.6 is 34.8 Å². The summed E-state index contributed by atoms with van der Waals surface area (Å²) in [6.45, 7) is 1.58. The van der Waals surface area contributed by atoms with E-state index in [-0.39, 0.29) is 12.4 Å². The molecule has 0 amide bonds. The molecule has 0 saturated carbocycles. The van der Waals surface area contributed by atoms with Gasteiger partial charge < -0.3 is 4.74 Å². The van der Waals surface area contributed by atoms with Crippen molar-refractivity contribution < 1.29 is 9.53 Å². The second kappa shape index (κ2) is 6.84. The van der Waals surface area contributed by atoms with Gasteiger partial charge in [-0.05, 0) is 13.0 Å². The van der Waals surface area contributed by atoms with E-state index < -0.39 is 5.92 Å².